The molecule has 3 unspecified atom stereocenters. The molecule has 2 aliphatic rings. The van der Waals surface area contributed by atoms with Gasteiger partial charge in [0, 0.05) is 31.5 Å². The van der Waals surface area contributed by atoms with Crippen molar-refractivity contribution in [2.24, 2.45) is 13.0 Å². The largest absolute Gasteiger partial charge is 0.353 e. The fraction of sp³-hybridized carbons (Fsp3) is 0.706. The molecule has 21 heavy (non-hydrogen) atoms. The highest BCUT2D eigenvalue weighted by Crippen LogP contribution is 2.32. The zero-order valence-electron chi connectivity index (χ0n) is 13.2. The molecule has 116 valence electrons. The van der Waals surface area contributed by atoms with Crippen LogP contribution in [-0.4, -0.2) is 34.5 Å². The van der Waals surface area contributed by atoms with E-state index in [0.29, 0.717) is 11.9 Å². The van der Waals surface area contributed by atoms with E-state index in [1.54, 1.807) is 0 Å². The fourth-order valence-electron chi connectivity index (χ4n) is 3.91. The predicted molar refractivity (Wildman–Crippen MR) is 83.9 cm³/mol. The van der Waals surface area contributed by atoms with E-state index in [1.807, 2.05) is 0 Å². The molecule has 1 aromatic heterocycles. The number of nitrogens with zero attached hydrogens (tertiary/aromatic N) is 2. The first-order valence-electron chi connectivity index (χ1n) is 8.33. The van der Waals surface area contributed by atoms with E-state index in [4.69, 9.17) is 0 Å². The Morgan fingerprint density at radius 2 is 2.14 bits per heavy atom. The molecule has 0 aromatic carbocycles. The second-order valence-corrected chi connectivity index (χ2v) is 6.58. The van der Waals surface area contributed by atoms with Crippen LogP contribution in [0.2, 0.25) is 0 Å². The minimum absolute atomic E-state index is 0.158. The summed E-state index contributed by atoms with van der Waals surface area (Å²) in [6.45, 7) is 4.03. The van der Waals surface area contributed by atoms with Crippen LogP contribution >= 0.6 is 0 Å². The molecule has 3 atom stereocenters. The van der Waals surface area contributed by atoms with Gasteiger partial charge >= 0.3 is 0 Å². The Hall–Kier alpha value is -1.29. The molecule has 2 aliphatic heterocycles. The lowest BCUT2D eigenvalue weighted by Crippen LogP contribution is -2.42. The Bertz CT molecular complexity index is 496. The van der Waals surface area contributed by atoms with Gasteiger partial charge in [-0.2, -0.15) is 0 Å². The van der Waals surface area contributed by atoms with E-state index in [1.165, 1.54) is 18.5 Å². The quantitative estimate of drug-likeness (QED) is 0.908. The smallest absolute Gasteiger partial charge is 0.227 e. The second kappa shape index (κ2) is 6.22. The average Bonchev–Trinajstić information content (AvgIpc) is 3.00. The summed E-state index contributed by atoms with van der Waals surface area (Å²) in [4.78, 5) is 15.2. The van der Waals surface area contributed by atoms with E-state index in [9.17, 15) is 4.79 Å². The van der Waals surface area contributed by atoms with Crippen LogP contribution < -0.4 is 5.32 Å². The normalized spacial score (nSPS) is 30.4. The zero-order valence-corrected chi connectivity index (χ0v) is 13.2. The van der Waals surface area contributed by atoms with Gasteiger partial charge in [0.1, 0.15) is 0 Å². The number of nitrogens with one attached hydrogen (secondary N) is 1. The standard InChI is InChI=1S/C17H27N3O/c1-13-14(9-10-18-13)17(21)20-12-5-3-4-7-16(20)15-8-6-11-19(15)2/h6,8,11,13-14,16,18H,3-5,7,9-10,12H2,1-2H3. The first kappa shape index (κ1) is 14.6. The van der Waals surface area contributed by atoms with Gasteiger partial charge in [-0.05, 0) is 44.9 Å². The summed E-state index contributed by atoms with van der Waals surface area (Å²) in [5, 5.41) is 3.41. The Kier molecular flexibility index (Phi) is 4.34. The summed E-state index contributed by atoms with van der Waals surface area (Å²) < 4.78 is 2.17. The molecule has 1 N–H and O–H groups in total. The van der Waals surface area contributed by atoms with Crippen LogP contribution in [-0.2, 0) is 11.8 Å². The maximum Gasteiger partial charge on any atom is 0.227 e. The molecule has 2 fully saturated rings. The van der Waals surface area contributed by atoms with E-state index in [0.717, 1.165) is 32.4 Å². The summed E-state index contributed by atoms with van der Waals surface area (Å²) in [5.41, 5.74) is 1.28. The first-order valence-corrected chi connectivity index (χ1v) is 8.33. The third kappa shape index (κ3) is 2.86. The van der Waals surface area contributed by atoms with E-state index >= 15 is 0 Å². The summed E-state index contributed by atoms with van der Waals surface area (Å²) in [5.74, 6) is 0.520. The molecule has 0 saturated carbocycles. The molecular formula is C17H27N3O. The van der Waals surface area contributed by atoms with Gasteiger partial charge in [0.05, 0.1) is 12.0 Å². The van der Waals surface area contributed by atoms with E-state index in [2.05, 4.69) is 47.1 Å². The highest BCUT2D eigenvalue weighted by Gasteiger charge is 2.36. The molecule has 2 saturated heterocycles. The minimum atomic E-state index is 0.158. The molecule has 0 radical (unpaired) electrons. The van der Waals surface area contributed by atoms with Gasteiger partial charge in [-0.1, -0.05) is 12.8 Å². The molecule has 0 bridgehead atoms. The average molecular weight is 289 g/mol. The van der Waals surface area contributed by atoms with Crippen LogP contribution in [0.4, 0.5) is 0 Å². The maximum absolute atomic E-state index is 13.1. The van der Waals surface area contributed by atoms with Gasteiger partial charge in [-0.15, -0.1) is 0 Å². The Labute approximate surface area is 127 Å². The molecular weight excluding hydrogens is 262 g/mol. The monoisotopic (exact) mass is 289 g/mol. The lowest BCUT2D eigenvalue weighted by molar-refractivity contribution is -0.138. The van der Waals surface area contributed by atoms with Gasteiger partial charge in [-0.25, -0.2) is 0 Å². The van der Waals surface area contributed by atoms with Crippen molar-refractivity contribution in [3.63, 3.8) is 0 Å². The second-order valence-electron chi connectivity index (χ2n) is 6.58. The van der Waals surface area contributed by atoms with Crippen LogP contribution in [0, 0.1) is 5.92 Å². The van der Waals surface area contributed by atoms with Gasteiger partial charge in [0.15, 0.2) is 0 Å². The lowest BCUT2D eigenvalue weighted by atomic mass is 9.98. The minimum Gasteiger partial charge on any atom is -0.353 e. The SMILES string of the molecule is CC1NCCC1C(=O)N1CCCCCC1c1cccn1C. The van der Waals surface area contributed by atoms with Crippen molar-refractivity contribution in [2.75, 3.05) is 13.1 Å². The van der Waals surface area contributed by atoms with E-state index < -0.39 is 0 Å². The molecule has 0 spiro atoms. The van der Waals surface area contributed by atoms with Crippen LogP contribution in [0.3, 0.4) is 0 Å². The lowest BCUT2D eigenvalue weighted by Gasteiger charge is -2.33. The Morgan fingerprint density at radius 3 is 2.81 bits per heavy atom. The van der Waals surface area contributed by atoms with Crippen LogP contribution in [0.1, 0.15) is 50.8 Å². The summed E-state index contributed by atoms with van der Waals surface area (Å²) in [6, 6.07) is 4.83. The van der Waals surface area contributed by atoms with Crippen molar-refractivity contribution in [1.29, 1.82) is 0 Å². The summed E-state index contributed by atoms with van der Waals surface area (Å²) >= 11 is 0. The van der Waals surface area contributed by atoms with Gasteiger partial charge in [0.25, 0.3) is 0 Å². The predicted octanol–water partition coefficient (Wildman–Crippen LogP) is 2.47. The Morgan fingerprint density at radius 1 is 1.29 bits per heavy atom. The highest BCUT2D eigenvalue weighted by atomic mass is 16.2. The number of carbonyl (C=O) groups is 1. The van der Waals surface area contributed by atoms with Crippen molar-refractivity contribution in [1.82, 2.24) is 14.8 Å². The van der Waals surface area contributed by atoms with Crippen molar-refractivity contribution in [3.8, 4) is 0 Å². The van der Waals surface area contributed by atoms with Crippen molar-refractivity contribution >= 4 is 5.91 Å². The summed E-state index contributed by atoms with van der Waals surface area (Å²) in [7, 11) is 2.09. The third-order valence-electron chi connectivity index (χ3n) is 5.20. The van der Waals surface area contributed by atoms with Crippen molar-refractivity contribution in [3.05, 3.63) is 24.0 Å². The topological polar surface area (TPSA) is 37.3 Å². The first-order chi connectivity index (χ1) is 10.2. The number of likely N-dealkylation sites (tertiary alicyclic amines) is 1. The third-order valence-corrected chi connectivity index (χ3v) is 5.20. The molecule has 0 aliphatic carbocycles. The fourth-order valence-corrected chi connectivity index (χ4v) is 3.91. The number of hydrogen-bond acceptors (Lipinski definition) is 2. The number of carbonyl (C=O) groups excluding carboxylic acids is 1. The van der Waals surface area contributed by atoms with Gasteiger partial charge in [-0.3, -0.25) is 4.79 Å². The van der Waals surface area contributed by atoms with Crippen molar-refractivity contribution < 1.29 is 4.79 Å². The van der Waals surface area contributed by atoms with Crippen LogP contribution in [0.15, 0.2) is 18.3 Å². The number of hydrogen-bond donors (Lipinski definition) is 1. The van der Waals surface area contributed by atoms with Crippen molar-refractivity contribution in [2.45, 2.75) is 51.1 Å². The summed E-state index contributed by atoms with van der Waals surface area (Å²) in [6.07, 6.45) is 7.76. The molecule has 1 aromatic rings. The molecule has 4 heteroatoms. The maximum atomic E-state index is 13.1. The zero-order chi connectivity index (χ0) is 14.8. The molecule has 4 nitrogen and oxygen atoms in total. The number of aryl methyl sites for hydroxylation is 1. The number of aromatic nitrogens is 1. The number of amides is 1. The molecule has 3 rings (SSSR count). The molecule has 3 heterocycles. The van der Waals surface area contributed by atoms with Gasteiger partial charge < -0.3 is 14.8 Å². The van der Waals surface area contributed by atoms with E-state index in [-0.39, 0.29) is 12.0 Å². The van der Waals surface area contributed by atoms with Crippen LogP contribution in [0.25, 0.3) is 0 Å². The van der Waals surface area contributed by atoms with Gasteiger partial charge in [0.2, 0.25) is 5.91 Å². The Balaban J connectivity index is 1.85. The highest BCUT2D eigenvalue weighted by molar-refractivity contribution is 5.80. The van der Waals surface area contributed by atoms with Crippen LogP contribution in [0.5, 0.6) is 0 Å². The molecule has 1 amide bonds. The number of rotatable bonds is 2.